The van der Waals surface area contributed by atoms with E-state index in [0.29, 0.717) is 5.01 Å². The molecule has 1 heterocycles. The number of rotatable bonds is 6. The standard InChI is InChI=1S/C16H20N2O3S/c1-16(21,12-7-8-12)9-13(19)10-18-15(20)22-14(17-18)11-5-3-2-4-6-11/h2-6,12-13,19,21H,7-10H2,1H3. The zero-order chi connectivity index (χ0) is 15.7. The van der Waals surface area contributed by atoms with Crippen molar-refractivity contribution in [2.24, 2.45) is 5.92 Å². The van der Waals surface area contributed by atoms with Gasteiger partial charge in [0.15, 0.2) is 0 Å². The summed E-state index contributed by atoms with van der Waals surface area (Å²) in [4.78, 5) is 11.8. The average molecular weight is 320 g/mol. The van der Waals surface area contributed by atoms with Gasteiger partial charge in [0.1, 0.15) is 5.01 Å². The third kappa shape index (κ3) is 3.45. The Kier molecular flexibility index (Phi) is 4.16. The van der Waals surface area contributed by atoms with Gasteiger partial charge in [0.2, 0.25) is 0 Å². The molecule has 118 valence electrons. The van der Waals surface area contributed by atoms with E-state index in [1.54, 1.807) is 6.92 Å². The normalized spacial score (nSPS) is 18.9. The highest BCUT2D eigenvalue weighted by atomic mass is 32.1. The first kappa shape index (κ1) is 15.4. The van der Waals surface area contributed by atoms with Crippen LogP contribution in [0.5, 0.6) is 0 Å². The summed E-state index contributed by atoms with van der Waals surface area (Å²) in [5.74, 6) is 0.272. The van der Waals surface area contributed by atoms with E-state index < -0.39 is 11.7 Å². The van der Waals surface area contributed by atoms with Crippen LogP contribution in [-0.2, 0) is 6.54 Å². The summed E-state index contributed by atoms with van der Waals surface area (Å²) in [6, 6.07) is 9.50. The number of hydrogen-bond donors (Lipinski definition) is 2. The van der Waals surface area contributed by atoms with Crippen molar-refractivity contribution in [2.75, 3.05) is 0 Å². The quantitative estimate of drug-likeness (QED) is 0.852. The Bertz CT molecular complexity index is 689. The van der Waals surface area contributed by atoms with E-state index in [1.807, 2.05) is 30.3 Å². The smallest absolute Gasteiger partial charge is 0.325 e. The molecule has 2 unspecified atom stereocenters. The van der Waals surface area contributed by atoms with Gasteiger partial charge in [-0.1, -0.05) is 41.7 Å². The van der Waals surface area contributed by atoms with Crippen molar-refractivity contribution in [3.8, 4) is 10.6 Å². The molecule has 22 heavy (non-hydrogen) atoms. The molecule has 1 aromatic heterocycles. The number of aromatic nitrogens is 2. The molecule has 2 atom stereocenters. The molecule has 0 aliphatic heterocycles. The van der Waals surface area contributed by atoms with Crippen molar-refractivity contribution in [1.82, 2.24) is 9.78 Å². The Morgan fingerprint density at radius 2 is 2.09 bits per heavy atom. The van der Waals surface area contributed by atoms with Gasteiger partial charge in [-0.3, -0.25) is 4.79 Å². The van der Waals surface area contributed by atoms with E-state index in [9.17, 15) is 15.0 Å². The topological polar surface area (TPSA) is 75.3 Å². The molecule has 2 N–H and O–H groups in total. The first-order valence-electron chi connectivity index (χ1n) is 7.49. The van der Waals surface area contributed by atoms with Gasteiger partial charge in [0, 0.05) is 12.0 Å². The average Bonchev–Trinajstić information content (AvgIpc) is 3.26. The second-order valence-electron chi connectivity index (χ2n) is 6.21. The van der Waals surface area contributed by atoms with Crippen molar-refractivity contribution in [3.63, 3.8) is 0 Å². The summed E-state index contributed by atoms with van der Waals surface area (Å²) in [6.07, 6.45) is 1.50. The summed E-state index contributed by atoms with van der Waals surface area (Å²) in [5, 5.41) is 25.4. The summed E-state index contributed by atoms with van der Waals surface area (Å²) < 4.78 is 1.29. The van der Waals surface area contributed by atoms with Crippen LogP contribution in [0.2, 0.25) is 0 Å². The van der Waals surface area contributed by atoms with Gasteiger partial charge in [0.05, 0.1) is 18.2 Å². The lowest BCUT2D eigenvalue weighted by molar-refractivity contribution is -0.0185. The molecule has 0 saturated heterocycles. The summed E-state index contributed by atoms with van der Waals surface area (Å²) in [5.41, 5.74) is 0.0317. The summed E-state index contributed by atoms with van der Waals surface area (Å²) in [7, 11) is 0. The van der Waals surface area contributed by atoms with Crippen LogP contribution in [0.1, 0.15) is 26.2 Å². The Balaban J connectivity index is 1.70. The molecule has 0 spiro atoms. The number of aliphatic hydroxyl groups is 2. The van der Waals surface area contributed by atoms with Gasteiger partial charge in [-0.15, -0.1) is 0 Å². The SMILES string of the molecule is CC(O)(CC(O)Cn1nc(-c2ccccc2)sc1=O)C1CC1. The lowest BCUT2D eigenvalue weighted by Gasteiger charge is -2.25. The Morgan fingerprint density at radius 1 is 1.41 bits per heavy atom. The molecule has 1 saturated carbocycles. The fourth-order valence-corrected chi connectivity index (χ4v) is 3.51. The minimum absolute atomic E-state index is 0.116. The molecule has 1 aromatic carbocycles. The van der Waals surface area contributed by atoms with E-state index in [0.717, 1.165) is 29.7 Å². The van der Waals surface area contributed by atoms with Crippen LogP contribution in [0.25, 0.3) is 10.6 Å². The summed E-state index contributed by atoms with van der Waals surface area (Å²) >= 11 is 1.07. The maximum Gasteiger partial charge on any atom is 0.325 e. The van der Waals surface area contributed by atoms with E-state index >= 15 is 0 Å². The maximum absolute atomic E-state index is 12.0. The van der Waals surface area contributed by atoms with Gasteiger partial charge in [0.25, 0.3) is 0 Å². The molecule has 0 radical (unpaired) electrons. The monoisotopic (exact) mass is 320 g/mol. The van der Waals surface area contributed by atoms with Crippen LogP contribution in [-0.4, -0.2) is 31.7 Å². The maximum atomic E-state index is 12.0. The largest absolute Gasteiger partial charge is 0.391 e. The van der Waals surface area contributed by atoms with Gasteiger partial charge in [-0.05, 0) is 25.7 Å². The number of benzene rings is 1. The molecule has 3 rings (SSSR count). The summed E-state index contributed by atoms with van der Waals surface area (Å²) in [6.45, 7) is 1.87. The van der Waals surface area contributed by atoms with Gasteiger partial charge in [-0.2, -0.15) is 5.10 Å². The highest BCUT2D eigenvalue weighted by Gasteiger charge is 2.41. The first-order chi connectivity index (χ1) is 10.5. The molecule has 6 heteroatoms. The van der Waals surface area contributed by atoms with Gasteiger partial charge < -0.3 is 10.2 Å². The van der Waals surface area contributed by atoms with Gasteiger partial charge in [-0.25, -0.2) is 4.68 Å². The van der Waals surface area contributed by atoms with Crippen LogP contribution in [0, 0.1) is 5.92 Å². The lowest BCUT2D eigenvalue weighted by atomic mass is 9.93. The van der Waals surface area contributed by atoms with E-state index in [2.05, 4.69) is 5.10 Å². The van der Waals surface area contributed by atoms with Crippen molar-refractivity contribution in [1.29, 1.82) is 0 Å². The molecule has 1 aliphatic rings. The lowest BCUT2D eigenvalue weighted by Crippen LogP contribution is -2.35. The number of aliphatic hydroxyl groups excluding tert-OH is 1. The minimum Gasteiger partial charge on any atom is -0.391 e. The third-order valence-corrected chi connectivity index (χ3v) is 5.01. The zero-order valence-electron chi connectivity index (χ0n) is 12.5. The minimum atomic E-state index is -0.860. The molecule has 0 amide bonds. The Morgan fingerprint density at radius 3 is 2.73 bits per heavy atom. The Labute approximate surface area is 132 Å². The zero-order valence-corrected chi connectivity index (χ0v) is 13.3. The predicted molar refractivity (Wildman–Crippen MR) is 85.8 cm³/mol. The molecule has 1 fully saturated rings. The van der Waals surface area contributed by atoms with Crippen molar-refractivity contribution in [2.45, 2.75) is 44.4 Å². The predicted octanol–water partition coefficient (Wildman–Crippen LogP) is 1.88. The third-order valence-electron chi connectivity index (χ3n) is 4.12. The molecule has 5 nitrogen and oxygen atoms in total. The van der Waals surface area contributed by atoms with Crippen LogP contribution < -0.4 is 4.87 Å². The fraction of sp³-hybridized carbons (Fsp3) is 0.500. The molecule has 2 aromatic rings. The molecule has 0 bridgehead atoms. The van der Waals surface area contributed by atoms with Crippen molar-refractivity contribution < 1.29 is 10.2 Å². The molecular weight excluding hydrogens is 300 g/mol. The van der Waals surface area contributed by atoms with Crippen molar-refractivity contribution >= 4 is 11.3 Å². The highest BCUT2D eigenvalue weighted by Crippen LogP contribution is 2.41. The van der Waals surface area contributed by atoms with E-state index in [-0.39, 0.29) is 23.8 Å². The number of nitrogens with zero attached hydrogens (tertiary/aromatic N) is 2. The molecule has 1 aliphatic carbocycles. The van der Waals surface area contributed by atoms with Gasteiger partial charge >= 0.3 is 4.87 Å². The number of hydrogen-bond acceptors (Lipinski definition) is 5. The second kappa shape index (κ2) is 5.95. The van der Waals surface area contributed by atoms with Crippen LogP contribution in [0.15, 0.2) is 35.1 Å². The van der Waals surface area contributed by atoms with Crippen LogP contribution in [0.4, 0.5) is 0 Å². The van der Waals surface area contributed by atoms with Crippen LogP contribution >= 0.6 is 11.3 Å². The molecular formula is C16H20N2O3S. The first-order valence-corrected chi connectivity index (χ1v) is 8.31. The van der Waals surface area contributed by atoms with E-state index in [4.69, 9.17) is 0 Å². The van der Waals surface area contributed by atoms with E-state index in [1.165, 1.54) is 4.68 Å². The Hall–Kier alpha value is -1.50. The highest BCUT2D eigenvalue weighted by molar-refractivity contribution is 7.12. The fourth-order valence-electron chi connectivity index (χ4n) is 2.73. The van der Waals surface area contributed by atoms with Crippen molar-refractivity contribution in [3.05, 3.63) is 40.0 Å². The van der Waals surface area contributed by atoms with Crippen LogP contribution in [0.3, 0.4) is 0 Å². The second-order valence-corrected chi connectivity index (χ2v) is 7.15.